The minimum atomic E-state index is 0.777. The molecular weight excluding hydrogens is 172 g/mol. The van der Waals surface area contributed by atoms with Gasteiger partial charge in [-0.3, -0.25) is 0 Å². The second kappa shape index (κ2) is 4.50. The molecule has 1 nitrogen and oxygen atoms in total. The van der Waals surface area contributed by atoms with Crippen LogP contribution in [0.1, 0.15) is 43.6 Å². The second-order valence-corrected chi connectivity index (χ2v) is 4.11. The van der Waals surface area contributed by atoms with Crippen molar-refractivity contribution in [3.8, 4) is 5.75 Å². The molecule has 1 fully saturated rings. The van der Waals surface area contributed by atoms with Gasteiger partial charge in [-0.2, -0.15) is 0 Å². The Labute approximate surface area is 86.1 Å². The van der Waals surface area contributed by atoms with E-state index in [2.05, 4.69) is 18.2 Å². The molecule has 14 heavy (non-hydrogen) atoms. The number of methoxy groups -OCH3 is 1. The van der Waals surface area contributed by atoms with Crippen molar-refractivity contribution in [3.63, 3.8) is 0 Å². The standard InChI is InChI=1S/C13H18O/c1-14-13-9-5-8-12(10-13)11-6-3-2-4-7-11/h5,8-11H,2-4,6-7H2,1H3. The largest absolute Gasteiger partial charge is 0.497 e. The summed E-state index contributed by atoms with van der Waals surface area (Å²) in [6.07, 6.45) is 6.91. The van der Waals surface area contributed by atoms with Crippen molar-refractivity contribution >= 4 is 0 Å². The summed E-state index contributed by atoms with van der Waals surface area (Å²) < 4.78 is 5.25. The quantitative estimate of drug-likeness (QED) is 0.690. The molecule has 0 aliphatic heterocycles. The van der Waals surface area contributed by atoms with Gasteiger partial charge < -0.3 is 4.74 Å². The predicted octanol–water partition coefficient (Wildman–Crippen LogP) is 3.74. The van der Waals surface area contributed by atoms with Gasteiger partial charge in [0.15, 0.2) is 0 Å². The lowest BCUT2D eigenvalue weighted by Gasteiger charge is -2.22. The molecule has 1 aromatic rings. The fourth-order valence-electron chi connectivity index (χ4n) is 2.33. The molecule has 0 atom stereocenters. The molecule has 76 valence electrons. The van der Waals surface area contributed by atoms with Crippen LogP contribution in [0.15, 0.2) is 24.3 Å². The van der Waals surface area contributed by atoms with Gasteiger partial charge in [0.2, 0.25) is 0 Å². The van der Waals surface area contributed by atoms with Crippen molar-refractivity contribution in [2.75, 3.05) is 7.11 Å². The molecule has 0 amide bonds. The maximum atomic E-state index is 5.25. The minimum absolute atomic E-state index is 0.777. The SMILES string of the molecule is COc1cccc(C2CCCCC2)c1. The zero-order valence-corrected chi connectivity index (χ0v) is 8.83. The van der Waals surface area contributed by atoms with Gasteiger partial charge in [-0.15, -0.1) is 0 Å². The number of hydrogen-bond donors (Lipinski definition) is 0. The Kier molecular flexibility index (Phi) is 3.07. The fraction of sp³-hybridized carbons (Fsp3) is 0.538. The number of benzene rings is 1. The molecule has 0 aromatic heterocycles. The molecule has 0 bridgehead atoms. The fourth-order valence-corrected chi connectivity index (χ4v) is 2.33. The number of hydrogen-bond acceptors (Lipinski definition) is 1. The summed E-state index contributed by atoms with van der Waals surface area (Å²) in [5.41, 5.74) is 1.46. The van der Waals surface area contributed by atoms with Crippen LogP contribution >= 0.6 is 0 Å². The Balaban J connectivity index is 2.13. The summed E-state index contributed by atoms with van der Waals surface area (Å²) in [5, 5.41) is 0. The second-order valence-electron chi connectivity index (χ2n) is 4.11. The van der Waals surface area contributed by atoms with Crippen molar-refractivity contribution in [2.24, 2.45) is 0 Å². The first kappa shape index (κ1) is 9.57. The van der Waals surface area contributed by atoms with Gasteiger partial charge in [-0.1, -0.05) is 31.4 Å². The van der Waals surface area contributed by atoms with E-state index in [4.69, 9.17) is 4.74 Å². The summed E-state index contributed by atoms with van der Waals surface area (Å²) in [7, 11) is 1.74. The van der Waals surface area contributed by atoms with E-state index in [1.165, 1.54) is 37.7 Å². The first-order chi connectivity index (χ1) is 6.90. The van der Waals surface area contributed by atoms with E-state index < -0.39 is 0 Å². The van der Waals surface area contributed by atoms with Crippen LogP contribution in [0, 0.1) is 0 Å². The van der Waals surface area contributed by atoms with Crippen LogP contribution in [0.4, 0.5) is 0 Å². The smallest absolute Gasteiger partial charge is 0.119 e. The van der Waals surface area contributed by atoms with Crippen LogP contribution in [0.3, 0.4) is 0 Å². The molecule has 0 spiro atoms. The molecular formula is C13H18O. The first-order valence-electron chi connectivity index (χ1n) is 5.54. The van der Waals surface area contributed by atoms with Crippen LogP contribution in [-0.4, -0.2) is 7.11 Å². The Morgan fingerprint density at radius 2 is 1.93 bits per heavy atom. The van der Waals surface area contributed by atoms with Crippen molar-refractivity contribution in [1.29, 1.82) is 0 Å². The lowest BCUT2D eigenvalue weighted by molar-refractivity contribution is 0.409. The highest BCUT2D eigenvalue weighted by molar-refractivity contribution is 5.30. The van der Waals surface area contributed by atoms with E-state index in [9.17, 15) is 0 Å². The van der Waals surface area contributed by atoms with Crippen molar-refractivity contribution in [2.45, 2.75) is 38.0 Å². The van der Waals surface area contributed by atoms with Gasteiger partial charge in [0, 0.05) is 0 Å². The molecule has 1 aromatic carbocycles. The monoisotopic (exact) mass is 190 g/mol. The molecule has 0 saturated heterocycles. The number of rotatable bonds is 2. The highest BCUT2D eigenvalue weighted by atomic mass is 16.5. The summed E-state index contributed by atoms with van der Waals surface area (Å²) >= 11 is 0. The van der Waals surface area contributed by atoms with Crippen LogP contribution in [0.2, 0.25) is 0 Å². The average molecular weight is 190 g/mol. The molecule has 0 unspecified atom stereocenters. The lowest BCUT2D eigenvalue weighted by atomic mass is 9.84. The normalized spacial score (nSPS) is 18.1. The molecule has 0 N–H and O–H groups in total. The number of ether oxygens (including phenoxy) is 1. The highest BCUT2D eigenvalue weighted by Gasteiger charge is 2.15. The average Bonchev–Trinajstić information content (AvgIpc) is 2.30. The molecule has 1 heteroatoms. The molecule has 1 aliphatic carbocycles. The third-order valence-electron chi connectivity index (χ3n) is 3.17. The van der Waals surface area contributed by atoms with E-state index >= 15 is 0 Å². The van der Waals surface area contributed by atoms with E-state index in [-0.39, 0.29) is 0 Å². The van der Waals surface area contributed by atoms with E-state index in [0.29, 0.717) is 0 Å². The molecule has 1 saturated carbocycles. The van der Waals surface area contributed by atoms with Crippen LogP contribution < -0.4 is 4.74 Å². The van der Waals surface area contributed by atoms with Crippen molar-refractivity contribution in [1.82, 2.24) is 0 Å². The van der Waals surface area contributed by atoms with E-state index in [1.807, 2.05) is 6.07 Å². The Morgan fingerprint density at radius 3 is 2.64 bits per heavy atom. The zero-order chi connectivity index (χ0) is 9.80. The maximum Gasteiger partial charge on any atom is 0.119 e. The topological polar surface area (TPSA) is 9.23 Å². The summed E-state index contributed by atoms with van der Waals surface area (Å²) in [5.74, 6) is 1.77. The highest BCUT2D eigenvalue weighted by Crippen LogP contribution is 2.33. The van der Waals surface area contributed by atoms with Gasteiger partial charge in [-0.05, 0) is 36.5 Å². The molecule has 0 radical (unpaired) electrons. The van der Waals surface area contributed by atoms with Gasteiger partial charge in [0.25, 0.3) is 0 Å². The van der Waals surface area contributed by atoms with Crippen molar-refractivity contribution in [3.05, 3.63) is 29.8 Å². The molecule has 2 rings (SSSR count). The molecule has 1 aliphatic rings. The maximum absolute atomic E-state index is 5.25. The van der Waals surface area contributed by atoms with Crippen molar-refractivity contribution < 1.29 is 4.74 Å². The summed E-state index contributed by atoms with van der Waals surface area (Å²) in [6, 6.07) is 8.55. The first-order valence-corrected chi connectivity index (χ1v) is 5.54. The third kappa shape index (κ3) is 2.09. The van der Waals surface area contributed by atoms with Gasteiger partial charge >= 0.3 is 0 Å². The lowest BCUT2D eigenvalue weighted by Crippen LogP contribution is -2.04. The van der Waals surface area contributed by atoms with E-state index in [0.717, 1.165) is 11.7 Å². The zero-order valence-electron chi connectivity index (χ0n) is 8.83. The predicted molar refractivity (Wildman–Crippen MR) is 58.8 cm³/mol. The Bertz CT molecular complexity index is 287. The Morgan fingerprint density at radius 1 is 1.14 bits per heavy atom. The summed E-state index contributed by atoms with van der Waals surface area (Å²) in [6.45, 7) is 0. The summed E-state index contributed by atoms with van der Waals surface area (Å²) in [4.78, 5) is 0. The van der Waals surface area contributed by atoms with Gasteiger partial charge in [0.05, 0.1) is 7.11 Å². The minimum Gasteiger partial charge on any atom is -0.497 e. The third-order valence-corrected chi connectivity index (χ3v) is 3.17. The van der Waals surface area contributed by atoms with Crippen LogP contribution in [0.5, 0.6) is 5.75 Å². The van der Waals surface area contributed by atoms with Gasteiger partial charge in [0.1, 0.15) is 5.75 Å². The molecule has 0 heterocycles. The van der Waals surface area contributed by atoms with E-state index in [1.54, 1.807) is 7.11 Å². The Hall–Kier alpha value is -0.980. The van der Waals surface area contributed by atoms with Crippen LogP contribution in [-0.2, 0) is 0 Å². The van der Waals surface area contributed by atoms with Crippen LogP contribution in [0.25, 0.3) is 0 Å². The van der Waals surface area contributed by atoms with Gasteiger partial charge in [-0.25, -0.2) is 0 Å².